The van der Waals surface area contributed by atoms with Crippen LogP contribution in [0.25, 0.3) is 109 Å². The van der Waals surface area contributed by atoms with Crippen molar-refractivity contribution in [3.05, 3.63) is 193 Å². The zero-order chi connectivity index (χ0) is 35.9. The lowest BCUT2D eigenvalue weighted by Gasteiger charge is -2.20. The molecule has 0 aliphatic heterocycles. The molecular weight excluding hydrogens is 649 g/mol. The number of aryl methyl sites for hydroxylation is 2. The first-order valence-corrected chi connectivity index (χ1v) is 18.9. The Kier molecular flexibility index (Phi) is 6.78. The van der Waals surface area contributed by atoms with E-state index in [1.165, 1.54) is 120 Å². The minimum absolute atomic E-state index is 1.22. The van der Waals surface area contributed by atoms with Crippen LogP contribution in [0.4, 0.5) is 0 Å². The average Bonchev–Trinajstić information content (AvgIpc) is 3.23. The van der Waals surface area contributed by atoms with Crippen LogP contribution < -0.4 is 0 Å². The molecule has 11 aromatic carbocycles. The molecule has 0 radical (unpaired) electrons. The van der Waals surface area contributed by atoms with Crippen LogP contribution in [0.3, 0.4) is 0 Å². The first-order chi connectivity index (χ1) is 26.6. The zero-order valence-corrected chi connectivity index (χ0v) is 30.3. The summed E-state index contributed by atoms with van der Waals surface area (Å²) < 4.78 is 0. The molecule has 0 fully saturated rings. The lowest BCUT2D eigenvalue weighted by molar-refractivity contribution is 1.50. The van der Waals surface area contributed by atoms with Crippen molar-refractivity contribution in [2.75, 3.05) is 0 Å². The predicted octanol–water partition coefficient (Wildman–Crippen LogP) is 15.4. The van der Waals surface area contributed by atoms with Crippen molar-refractivity contribution in [2.24, 2.45) is 0 Å². The summed E-state index contributed by atoms with van der Waals surface area (Å²) in [5, 5.41) is 17.9. The molecule has 11 aromatic rings. The van der Waals surface area contributed by atoms with Gasteiger partial charge in [0, 0.05) is 0 Å². The van der Waals surface area contributed by atoms with Gasteiger partial charge >= 0.3 is 0 Å². The van der Waals surface area contributed by atoms with Crippen molar-refractivity contribution in [3.8, 4) is 33.4 Å². The fraction of sp³-hybridized carbons (Fsp3) is 0.0370. The van der Waals surface area contributed by atoms with E-state index >= 15 is 0 Å². The Hall–Kier alpha value is -6.76. The fourth-order valence-corrected chi connectivity index (χ4v) is 9.26. The molecule has 54 heavy (non-hydrogen) atoms. The molecule has 0 unspecified atom stereocenters. The highest BCUT2D eigenvalue weighted by molar-refractivity contribution is 6.26. The lowest BCUT2D eigenvalue weighted by atomic mass is 9.83. The third kappa shape index (κ3) is 4.63. The summed E-state index contributed by atoms with van der Waals surface area (Å²) in [4.78, 5) is 0. The van der Waals surface area contributed by atoms with Gasteiger partial charge in [0.05, 0.1) is 0 Å². The second-order valence-corrected chi connectivity index (χ2v) is 14.9. The van der Waals surface area contributed by atoms with Crippen LogP contribution in [0.15, 0.2) is 182 Å². The maximum Gasteiger partial charge on any atom is -0.00697 e. The molecule has 0 heterocycles. The lowest BCUT2D eigenvalue weighted by Crippen LogP contribution is -1.93. The summed E-state index contributed by atoms with van der Waals surface area (Å²) in [5.41, 5.74) is 10.2. The van der Waals surface area contributed by atoms with E-state index in [-0.39, 0.29) is 0 Å². The third-order valence-electron chi connectivity index (χ3n) is 11.9. The summed E-state index contributed by atoms with van der Waals surface area (Å²) >= 11 is 0. The Morgan fingerprint density at radius 1 is 0.241 bits per heavy atom. The van der Waals surface area contributed by atoms with Gasteiger partial charge in [-0.25, -0.2) is 0 Å². The van der Waals surface area contributed by atoms with Crippen LogP contribution in [-0.2, 0) is 0 Å². The maximum atomic E-state index is 2.49. The zero-order valence-electron chi connectivity index (χ0n) is 30.3. The Morgan fingerprint density at radius 2 is 0.648 bits per heavy atom. The van der Waals surface area contributed by atoms with Crippen molar-refractivity contribution in [3.63, 3.8) is 0 Å². The quantitative estimate of drug-likeness (QED) is 0.163. The minimum atomic E-state index is 1.22. The van der Waals surface area contributed by atoms with E-state index in [4.69, 9.17) is 0 Å². The molecule has 0 aliphatic rings. The van der Waals surface area contributed by atoms with E-state index in [1.54, 1.807) is 0 Å². The van der Waals surface area contributed by atoms with Gasteiger partial charge in [-0.05, 0) is 158 Å². The van der Waals surface area contributed by atoms with E-state index in [0.29, 0.717) is 0 Å². The standard InChI is InChI=1S/C54H36/c1-33-19-21-36-12-4-7-15-43(36)53(33)51-31-50-47-28-26-39(38-25-27-42-40(29-38)24-23-35-11-3-6-14-41(35)42)30-48(47)52(32-49(50)45-17-9-10-18-46(45)51)54-34(2)20-22-37-13-5-8-16-44(37)54/h3-32H,1-2H3. The van der Waals surface area contributed by atoms with Gasteiger partial charge in [-0.3, -0.25) is 0 Å². The Labute approximate surface area is 314 Å². The first kappa shape index (κ1) is 30.8. The summed E-state index contributed by atoms with van der Waals surface area (Å²) in [6.07, 6.45) is 0. The van der Waals surface area contributed by atoms with Gasteiger partial charge in [0.2, 0.25) is 0 Å². The Bertz CT molecular complexity index is 3340. The van der Waals surface area contributed by atoms with Crippen LogP contribution in [0.2, 0.25) is 0 Å². The molecule has 0 atom stereocenters. The SMILES string of the molecule is Cc1ccc2ccccc2c1-c1cc2c3ccc(-c4ccc5c(ccc6ccccc65)c4)cc3c(-c3c(C)ccc4ccccc34)cc2c2ccccc12. The van der Waals surface area contributed by atoms with Crippen molar-refractivity contribution in [1.29, 1.82) is 0 Å². The molecule has 0 nitrogen and oxygen atoms in total. The molecule has 0 aliphatic carbocycles. The van der Waals surface area contributed by atoms with Gasteiger partial charge < -0.3 is 0 Å². The monoisotopic (exact) mass is 684 g/mol. The third-order valence-corrected chi connectivity index (χ3v) is 11.9. The van der Waals surface area contributed by atoms with E-state index in [9.17, 15) is 0 Å². The molecule has 252 valence electrons. The molecule has 0 heteroatoms. The van der Waals surface area contributed by atoms with Crippen molar-refractivity contribution >= 4 is 75.4 Å². The van der Waals surface area contributed by atoms with Crippen LogP contribution in [0, 0.1) is 13.8 Å². The second-order valence-electron chi connectivity index (χ2n) is 14.9. The van der Waals surface area contributed by atoms with Gasteiger partial charge in [0.25, 0.3) is 0 Å². The highest BCUT2D eigenvalue weighted by Gasteiger charge is 2.19. The summed E-state index contributed by atoms with van der Waals surface area (Å²) in [6, 6.07) is 68.0. The molecule has 0 bridgehead atoms. The minimum Gasteiger partial charge on any atom is -0.0616 e. The smallest absolute Gasteiger partial charge is 0.00697 e. The van der Waals surface area contributed by atoms with Crippen molar-refractivity contribution in [2.45, 2.75) is 13.8 Å². The molecule has 0 amide bonds. The van der Waals surface area contributed by atoms with Crippen LogP contribution in [0.1, 0.15) is 11.1 Å². The van der Waals surface area contributed by atoms with E-state index in [2.05, 4.69) is 196 Å². The van der Waals surface area contributed by atoms with Crippen LogP contribution >= 0.6 is 0 Å². The fourth-order valence-electron chi connectivity index (χ4n) is 9.26. The topological polar surface area (TPSA) is 0 Å². The highest BCUT2D eigenvalue weighted by Crippen LogP contribution is 2.46. The molecule has 0 aromatic heterocycles. The predicted molar refractivity (Wildman–Crippen MR) is 235 cm³/mol. The highest BCUT2D eigenvalue weighted by atomic mass is 14.2. The van der Waals surface area contributed by atoms with E-state index in [1.807, 2.05) is 0 Å². The number of benzene rings is 11. The van der Waals surface area contributed by atoms with Crippen molar-refractivity contribution in [1.82, 2.24) is 0 Å². The molecule has 0 spiro atoms. The van der Waals surface area contributed by atoms with Crippen LogP contribution in [-0.4, -0.2) is 0 Å². The normalized spacial score (nSPS) is 11.9. The summed E-state index contributed by atoms with van der Waals surface area (Å²) in [7, 11) is 0. The van der Waals surface area contributed by atoms with E-state index < -0.39 is 0 Å². The van der Waals surface area contributed by atoms with Gasteiger partial charge in [-0.1, -0.05) is 158 Å². The number of rotatable bonds is 3. The van der Waals surface area contributed by atoms with Gasteiger partial charge in [-0.15, -0.1) is 0 Å². The largest absolute Gasteiger partial charge is 0.0616 e. The van der Waals surface area contributed by atoms with E-state index in [0.717, 1.165) is 0 Å². The molecule has 0 saturated carbocycles. The van der Waals surface area contributed by atoms with Crippen molar-refractivity contribution < 1.29 is 0 Å². The van der Waals surface area contributed by atoms with Gasteiger partial charge in [0.1, 0.15) is 0 Å². The first-order valence-electron chi connectivity index (χ1n) is 18.9. The average molecular weight is 685 g/mol. The van der Waals surface area contributed by atoms with Gasteiger partial charge in [-0.2, -0.15) is 0 Å². The second kappa shape index (κ2) is 11.9. The molecule has 0 saturated heterocycles. The van der Waals surface area contributed by atoms with Gasteiger partial charge in [0.15, 0.2) is 0 Å². The molecule has 11 rings (SSSR count). The molecular formula is C54H36. The van der Waals surface area contributed by atoms with Crippen LogP contribution in [0.5, 0.6) is 0 Å². The Balaban J connectivity index is 1.25. The summed E-state index contributed by atoms with van der Waals surface area (Å²) in [5.74, 6) is 0. The number of hydrogen-bond donors (Lipinski definition) is 0. The molecule has 0 N–H and O–H groups in total. The number of fused-ring (bicyclic) bond motifs is 10. The maximum absolute atomic E-state index is 2.49. The Morgan fingerprint density at radius 3 is 1.28 bits per heavy atom. The summed E-state index contributed by atoms with van der Waals surface area (Å²) in [6.45, 7) is 4.52. The number of hydrogen-bond acceptors (Lipinski definition) is 0.